The molecule has 1 heterocycles. The summed E-state index contributed by atoms with van der Waals surface area (Å²) in [6.45, 7) is 0.815. The first-order chi connectivity index (χ1) is 10.2. The monoisotopic (exact) mass is 306 g/mol. The summed E-state index contributed by atoms with van der Waals surface area (Å²) in [6, 6.07) is 8.36. The van der Waals surface area contributed by atoms with E-state index in [4.69, 9.17) is 9.47 Å². The maximum absolute atomic E-state index is 11.4. The van der Waals surface area contributed by atoms with Crippen molar-refractivity contribution in [1.82, 2.24) is 0 Å². The van der Waals surface area contributed by atoms with Crippen LogP contribution in [0.2, 0.25) is 0 Å². The molecule has 4 heteroatoms. The van der Waals surface area contributed by atoms with Crippen LogP contribution in [0.4, 0.5) is 0 Å². The van der Waals surface area contributed by atoms with Crippen LogP contribution in [0.15, 0.2) is 24.3 Å². The molecule has 0 N–H and O–H groups in total. The van der Waals surface area contributed by atoms with Crippen molar-refractivity contribution in [1.29, 1.82) is 0 Å². The van der Waals surface area contributed by atoms with E-state index < -0.39 is 0 Å². The van der Waals surface area contributed by atoms with Gasteiger partial charge in [0.05, 0.1) is 20.1 Å². The average molecular weight is 306 g/mol. The molecule has 0 bridgehead atoms. The standard InChI is InChI=1S/C17H22O3S/c1-19-16(18)10-17(7-8-17)12-21-11-13-6-9-20-15-5-3-2-4-14(13)15/h2-5,13H,6-12H2,1H3. The van der Waals surface area contributed by atoms with E-state index in [1.807, 2.05) is 17.8 Å². The zero-order chi connectivity index (χ0) is 14.7. The second-order valence-corrected chi connectivity index (χ2v) is 7.17. The van der Waals surface area contributed by atoms with Crippen LogP contribution in [0.1, 0.15) is 37.2 Å². The first-order valence-electron chi connectivity index (χ1n) is 7.59. The summed E-state index contributed by atoms with van der Waals surface area (Å²) in [6.07, 6.45) is 4.01. The molecule has 21 heavy (non-hydrogen) atoms. The number of ether oxygens (including phenoxy) is 2. The predicted octanol–water partition coefficient (Wildman–Crippen LogP) is 3.63. The summed E-state index contributed by atoms with van der Waals surface area (Å²) in [4.78, 5) is 11.4. The highest BCUT2D eigenvalue weighted by atomic mass is 32.2. The van der Waals surface area contributed by atoms with Crippen LogP contribution in [0, 0.1) is 5.41 Å². The molecular formula is C17H22O3S. The number of carbonyl (C=O) groups is 1. The van der Waals surface area contributed by atoms with Crippen molar-refractivity contribution in [2.75, 3.05) is 25.2 Å². The van der Waals surface area contributed by atoms with E-state index in [-0.39, 0.29) is 11.4 Å². The summed E-state index contributed by atoms with van der Waals surface area (Å²) < 4.78 is 10.5. The van der Waals surface area contributed by atoms with Gasteiger partial charge in [-0.1, -0.05) is 18.2 Å². The van der Waals surface area contributed by atoms with Gasteiger partial charge in [0, 0.05) is 5.75 Å². The fraction of sp³-hybridized carbons (Fsp3) is 0.588. The highest BCUT2D eigenvalue weighted by Crippen LogP contribution is 2.51. The maximum Gasteiger partial charge on any atom is 0.306 e. The van der Waals surface area contributed by atoms with Crippen molar-refractivity contribution >= 4 is 17.7 Å². The smallest absolute Gasteiger partial charge is 0.306 e. The third kappa shape index (κ3) is 3.54. The van der Waals surface area contributed by atoms with Crippen molar-refractivity contribution < 1.29 is 14.3 Å². The van der Waals surface area contributed by atoms with Crippen LogP contribution in [-0.2, 0) is 9.53 Å². The van der Waals surface area contributed by atoms with Crippen LogP contribution in [0.3, 0.4) is 0 Å². The van der Waals surface area contributed by atoms with Crippen molar-refractivity contribution in [3.05, 3.63) is 29.8 Å². The molecule has 3 nitrogen and oxygen atoms in total. The number of methoxy groups -OCH3 is 1. The van der Waals surface area contributed by atoms with E-state index in [0.29, 0.717) is 12.3 Å². The molecule has 114 valence electrons. The normalized spacial score (nSPS) is 22.0. The molecule has 1 atom stereocenters. The number of para-hydroxylation sites is 1. The zero-order valence-corrected chi connectivity index (χ0v) is 13.3. The first kappa shape index (κ1) is 14.8. The first-order valence-corrected chi connectivity index (χ1v) is 8.74. The van der Waals surface area contributed by atoms with Crippen molar-refractivity contribution in [2.45, 2.75) is 31.6 Å². The third-order valence-corrected chi connectivity index (χ3v) is 5.97. The van der Waals surface area contributed by atoms with Gasteiger partial charge in [-0.05, 0) is 48.0 Å². The molecule has 1 aromatic carbocycles. The fourth-order valence-corrected chi connectivity index (χ4v) is 4.51. The van der Waals surface area contributed by atoms with Gasteiger partial charge in [-0.15, -0.1) is 0 Å². The van der Waals surface area contributed by atoms with Gasteiger partial charge in [0.2, 0.25) is 0 Å². The second-order valence-electron chi connectivity index (χ2n) is 6.14. The number of benzene rings is 1. The topological polar surface area (TPSA) is 35.5 Å². The van der Waals surface area contributed by atoms with Crippen LogP contribution < -0.4 is 4.74 Å². The number of fused-ring (bicyclic) bond motifs is 1. The third-order valence-electron chi connectivity index (χ3n) is 4.51. The average Bonchev–Trinajstić information content (AvgIpc) is 3.27. The SMILES string of the molecule is COC(=O)CC1(CSCC2CCOc3ccccc32)CC1. The Labute approximate surface area is 130 Å². The number of thioether (sulfide) groups is 1. The lowest BCUT2D eigenvalue weighted by atomic mass is 9.95. The number of hydrogen-bond acceptors (Lipinski definition) is 4. The van der Waals surface area contributed by atoms with E-state index in [1.54, 1.807) is 0 Å². The largest absolute Gasteiger partial charge is 0.493 e. The lowest BCUT2D eigenvalue weighted by molar-refractivity contribution is -0.141. The Bertz CT molecular complexity index is 511. The molecule has 3 rings (SSSR count). The van der Waals surface area contributed by atoms with Gasteiger partial charge in [-0.25, -0.2) is 0 Å². The van der Waals surface area contributed by atoms with Crippen LogP contribution in [0.5, 0.6) is 5.75 Å². The molecule has 1 saturated carbocycles. The summed E-state index contributed by atoms with van der Waals surface area (Å²) in [7, 11) is 1.48. The lowest BCUT2D eigenvalue weighted by Gasteiger charge is -2.26. The highest BCUT2D eigenvalue weighted by molar-refractivity contribution is 7.99. The Morgan fingerprint density at radius 2 is 2.24 bits per heavy atom. The number of carbonyl (C=O) groups excluding carboxylic acids is 1. The molecule has 2 aliphatic rings. The van der Waals surface area contributed by atoms with Crippen LogP contribution >= 0.6 is 11.8 Å². The highest BCUT2D eigenvalue weighted by Gasteiger charge is 2.44. The summed E-state index contributed by atoms with van der Waals surface area (Å²) in [5.41, 5.74) is 1.57. The van der Waals surface area contributed by atoms with Crippen molar-refractivity contribution in [3.8, 4) is 5.75 Å². The number of rotatable bonds is 6. The molecule has 0 radical (unpaired) electrons. The van der Waals surface area contributed by atoms with Gasteiger partial charge in [0.15, 0.2) is 0 Å². The molecule has 0 amide bonds. The number of hydrogen-bond donors (Lipinski definition) is 0. The van der Waals surface area contributed by atoms with E-state index in [2.05, 4.69) is 18.2 Å². The molecule has 1 aliphatic heterocycles. The van der Waals surface area contributed by atoms with Crippen LogP contribution in [-0.4, -0.2) is 31.2 Å². The Balaban J connectivity index is 1.52. The zero-order valence-electron chi connectivity index (χ0n) is 12.5. The predicted molar refractivity (Wildman–Crippen MR) is 84.9 cm³/mol. The van der Waals surface area contributed by atoms with Gasteiger partial charge < -0.3 is 9.47 Å². The summed E-state index contributed by atoms with van der Waals surface area (Å²) in [5.74, 6) is 3.74. The quantitative estimate of drug-likeness (QED) is 0.752. The molecule has 1 aromatic rings. The summed E-state index contributed by atoms with van der Waals surface area (Å²) >= 11 is 1.98. The molecule has 1 fully saturated rings. The molecule has 0 saturated heterocycles. The minimum absolute atomic E-state index is 0.0653. The Morgan fingerprint density at radius 1 is 1.43 bits per heavy atom. The van der Waals surface area contributed by atoms with Crippen LogP contribution in [0.25, 0.3) is 0 Å². The van der Waals surface area contributed by atoms with E-state index >= 15 is 0 Å². The number of esters is 1. The van der Waals surface area contributed by atoms with Gasteiger partial charge >= 0.3 is 5.97 Å². The molecule has 0 aromatic heterocycles. The minimum Gasteiger partial charge on any atom is -0.493 e. The Kier molecular flexibility index (Phi) is 4.43. The van der Waals surface area contributed by atoms with Crippen molar-refractivity contribution in [3.63, 3.8) is 0 Å². The maximum atomic E-state index is 11.4. The minimum atomic E-state index is -0.0653. The molecule has 1 unspecified atom stereocenters. The molecular weight excluding hydrogens is 284 g/mol. The van der Waals surface area contributed by atoms with E-state index in [1.165, 1.54) is 25.5 Å². The van der Waals surface area contributed by atoms with E-state index in [0.717, 1.165) is 30.3 Å². The summed E-state index contributed by atoms with van der Waals surface area (Å²) in [5, 5.41) is 0. The van der Waals surface area contributed by atoms with Gasteiger partial charge in [-0.3, -0.25) is 4.79 Å². The Morgan fingerprint density at radius 3 is 3.00 bits per heavy atom. The van der Waals surface area contributed by atoms with Gasteiger partial charge in [0.25, 0.3) is 0 Å². The van der Waals surface area contributed by atoms with E-state index in [9.17, 15) is 4.79 Å². The molecule has 0 spiro atoms. The lowest BCUT2D eigenvalue weighted by Crippen LogP contribution is -2.17. The van der Waals surface area contributed by atoms with Gasteiger partial charge in [0.1, 0.15) is 5.75 Å². The molecule has 1 aliphatic carbocycles. The Hall–Kier alpha value is -1.16. The second kappa shape index (κ2) is 6.30. The fourth-order valence-electron chi connectivity index (χ4n) is 2.93. The van der Waals surface area contributed by atoms with Gasteiger partial charge in [-0.2, -0.15) is 11.8 Å². The van der Waals surface area contributed by atoms with Crippen molar-refractivity contribution in [2.24, 2.45) is 5.41 Å².